The van der Waals surface area contributed by atoms with E-state index in [0.29, 0.717) is 22.3 Å². The summed E-state index contributed by atoms with van der Waals surface area (Å²) in [5.74, 6) is 0. The summed E-state index contributed by atoms with van der Waals surface area (Å²) in [6.45, 7) is 3.75. The summed E-state index contributed by atoms with van der Waals surface area (Å²) in [4.78, 5) is 2.55. The van der Waals surface area contributed by atoms with Crippen LogP contribution in [0.25, 0.3) is 0 Å². The van der Waals surface area contributed by atoms with Crippen molar-refractivity contribution in [3.8, 4) is 0 Å². The normalized spacial score (nSPS) is 26.2. The van der Waals surface area contributed by atoms with Crippen molar-refractivity contribution >= 4 is 27.3 Å². The summed E-state index contributed by atoms with van der Waals surface area (Å²) in [6.07, 6.45) is 3.06. The third-order valence-corrected chi connectivity index (χ3v) is 6.40. The Hall–Kier alpha value is -0.820. The van der Waals surface area contributed by atoms with Crippen molar-refractivity contribution in [1.29, 1.82) is 0 Å². The molecular formula is C14H20ClN3O2S. The second kappa shape index (κ2) is 5.43. The zero-order valence-electron chi connectivity index (χ0n) is 12.0. The third kappa shape index (κ3) is 2.77. The number of sulfonamides is 1. The molecule has 7 heteroatoms. The van der Waals surface area contributed by atoms with E-state index >= 15 is 0 Å². The molecule has 116 valence electrons. The standard InChI is InChI=1S/C14H20ClN3O2S/c1-9-11(16)7-10(15)8-14(9)21(19,20)17-12-4-6-18-5-2-3-13(12)18/h7-8,12-13,17H,2-6,16H2,1H3. The van der Waals surface area contributed by atoms with E-state index < -0.39 is 10.0 Å². The quantitative estimate of drug-likeness (QED) is 0.828. The Morgan fingerprint density at radius 1 is 1.33 bits per heavy atom. The minimum atomic E-state index is -3.60. The van der Waals surface area contributed by atoms with Crippen LogP contribution in [0.2, 0.25) is 5.02 Å². The van der Waals surface area contributed by atoms with Crippen LogP contribution < -0.4 is 10.5 Å². The first-order valence-electron chi connectivity index (χ1n) is 7.20. The first-order chi connectivity index (χ1) is 9.88. The van der Waals surface area contributed by atoms with Gasteiger partial charge in [0, 0.05) is 29.3 Å². The minimum absolute atomic E-state index is 0.0166. The zero-order chi connectivity index (χ0) is 15.2. The van der Waals surface area contributed by atoms with E-state index in [1.807, 2.05) is 0 Å². The molecule has 1 aromatic carbocycles. The predicted octanol–water partition coefficient (Wildman–Crippen LogP) is 1.75. The number of nitrogens with two attached hydrogens (primary N) is 1. The smallest absolute Gasteiger partial charge is 0.241 e. The van der Waals surface area contributed by atoms with Gasteiger partial charge in [0.2, 0.25) is 10.0 Å². The Labute approximate surface area is 130 Å². The molecule has 2 aliphatic rings. The van der Waals surface area contributed by atoms with Gasteiger partial charge in [-0.05, 0) is 50.4 Å². The number of rotatable bonds is 3. The number of hydrogen-bond acceptors (Lipinski definition) is 4. The van der Waals surface area contributed by atoms with Crippen LogP contribution in [0.3, 0.4) is 0 Å². The van der Waals surface area contributed by atoms with Crippen molar-refractivity contribution in [2.24, 2.45) is 0 Å². The highest BCUT2D eigenvalue weighted by Gasteiger charge is 2.39. The van der Waals surface area contributed by atoms with Crippen LogP contribution in [0.5, 0.6) is 0 Å². The number of nitrogen functional groups attached to an aromatic ring is 1. The van der Waals surface area contributed by atoms with Crippen LogP contribution in [0.4, 0.5) is 5.69 Å². The van der Waals surface area contributed by atoms with Crippen molar-refractivity contribution < 1.29 is 8.42 Å². The fourth-order valence-corrected chi connectivity index (χ4v) is 5.33. The molecule has 2 atom stereocenters. The van der Waals surface area contributed by atoms with Crippen molar-refractivity contribution in [2.75, 3.05) is 18.8 Å². The van der Waals surface area contributed by atoms with Crippen LogP contribution in [0.1, 0.15) is 24.8 Å². The summed E-state index contributed by atoms with van der Waals surface area (Å²) in [5, 5.41) is 0.340. The van der Waals surface area contributed by atoms with Gasteiger partial charge < -0.3 is 5.73 Å². The molecule has 21 heavy (non-hydrogen) atoms. The molecule has 2 fully saturated rings. The lowest BCUT2D eigenvalue weighted by molar-refractivity contribution is 0.309. The number of fused-ring (bicyclic) bond motifs is 1. The first-order valence-corrected chi connectivity index (χ1v) is 9.06. The summed E-state index contributed by atoms with van der Waals surface area (Å²) >= 11 is 5.95. The molecule has 0 radical (unpaired) electrons. The Balaban J connectivity index is 1.88. The van der Waals surface area contributed by atoms with Crippen molar-refractivity contribution in [3.63, 3.8) is 0 Å². The maximum Gasteiger partial charge on any atom is 0.241 e. The van der Waals surface area contributed by atoms with Crippen molar-refractivity contribution in [3.05, 3.63) is 22.7 Å². The second-order valence-corrected chi connectivity index (χ2v) is 8.00. The van der Waals surface area contributed by atoms with E-state index in [2.05, 4.69) is 9.62 Å². The maximum absolute atomic E-state index is 12.7. The molecule has 5 nitrogen and oxygen atoms in total. The topological polar surface area (TPSA) is 75.4 Å². The third-order valence-electron chi connectivity index (χ3n) is 4.57. The van der Waals surface area contributed by atoms with Gasteiger partial charge in [0.15, 0.2) is 0 Å². The van der Waals surface area contributed by atoms with Crippen LogP contribution in [-0.2, 0) is 10.0 Å². The van der Waals surface area contributed by atoms with Gasteiger partial charge in [0.25, 0.3) is 0 Å². The van der Waals surface area contributed by atoms with Gasteiger partial charge >= 0.3 is 0 Å². The van der Waals surface area contributed by atoms with E-state index in [0.717, 1.165) is 32.4 Å². The number of anilines is 1. The number of benzene rings is 1. The largest absolute Gasteiger partial charge is 0.398 e. The van der Waals surface area contributed by atoms with E-state index in [1.165, 1.54) is 6.07 Å². The Kier molecular flexibility index (Phi) is 3.90. The van der Waals surface area contributed by atoms with Crippen LogP contribution in [0.15, 0.2) is 17.0 Å². The average Bonchev–Trinajstić information content (AvgIpc) is 2.98. The molecule has 2 saturated heterocycles. The summed E-state index contributed by atoms with van der Waals surface area (Å²) in [7, 11) is -3.60. The summed E-state index contributed by atoms with van der Waals surface area (Å²) < 4.78 is 28.2. The van der Waals surface area contributed by atoms with E-state index in [1.54, 1.807) is 13.0 Å². The number of halogens is 1. The molecule has 2 aliphatic heterocycles. The lowest BCUT2D eigenvalue weighted by Crippen LogP contribution is -2.42. The molecule has 2 unspecified atom stereocenters. The Bertz CT molecular complexity index is 662. The Morgan fingerprint density at radius 3 is 2.86 bits per heavy atom. The summed E-state index contributed by atoms with van der Waals surface area (Å²) in [6, 6.07) is 3.36. The zero-order valence-corrected chi connectivity index (χ0v) is 13.5. The molecule has 0 aromatic heterocycles. The fraction of sp³-hybridized carbons (Fsp3) is 0.571. The van der Waals surface area contributed by atoms with Crippen molar-refractivity contribution in [2.45, 2.75) is 43.2 Å². The molecule has 1 aromatic rings. The Morgan fingerprint density at radius 2 is 2.10 bits per heavy atom. The van der Waals surface area contributed by atoms with Gasteiger partial charge in [-0.25, -0.2) is 13.1 Å². The highest BCUT2D eigenvalue weighted by Crippen LogP contribution is 2.30. The van der Waals surface area contributed by atoms with Gasteiger partial charge in [-0.1, -0.05) is 11.6 Å². The number of hydrogen-bond donors (Lipinski definition) is 2. The molecule has 0 bridgehead atoms. The van der Waals surface area contributed by atoms with Gasteiger partial charge in [-0.15, -0.1) is 0 Å². The van der Waals surface area contributed by atoms with Gasteiger partial charge in [0.1, 0.15) is 0 Å². The minimum Gasteiger partial charge on any atom is -0.398 e. The number of nitrogens with one attached hydrogen (secondary N) is 1. The van der Waals surface area contributed by atoms with E-state index in [-0.39, 0.29) is 10.9 Å². The van der Waals surface area contributed by atoms with Gasteiger partial charge in [0.05, 0.1) is 4.90 Å². The monoisotopic (exact) mass is 329 g/mol. The average molecular weight is 330 g/mol. The maximum atomic E-state index is 12.7. The lowest BCUT2D eigenvalue weighted by atomic mass is 10.1. The molecule has 3 N–H and O–H groups in total. The highest BCUT2D eigenvalue weighted by atomic mass is 35.5. The van der Waals surface area contributed by atoms with Gasteiger partial charge in [-0.3, -0.25) is 4.90 Å². The van der Waals surface area contributed by atoms with E-state index in [4.69, 9.17) is 17.3 Å². The molecule has 3 rings (SSSR count). The van der Waals surface area contributed by atoms with Crippen LogP contribution >= 0.6 is 11.6 Å². The summed E-state index contributed by atoms with van der Waals surface area (Å²) in [5.41, 5.74) is 6.78. The van der Waals surface area contributed by atoms with Crippen LogP contribution in [-0.4, -0.2) is 38.5 Å². The molecule has 0 aliphatic carbocycles. The SMILES string of the molecule is Cc1c(N)cc(Cl)cc1S(=O)(=O)NC1CCN2CCCC12. The first kappa shape index (κ1) is 15.1. The molecular weight excluding hydrogens is 310 g/mol. The molecule has 0 saturated carbocycles. The van der Waals surface area contributed by atoms with Crippen molar-refractivity contribution in [1.82, 2.24) is 9.62 Å². The number of nitrogens with zero attached hydrogens (tertiary/aromatic N) is 1. The fourth-order valence-electron chi connectivity index (χ4n) is 3.44. The highest BCUT2D eigenvalue weighted by molar-refractivity contribution is 7.89. The second-order valence-electron chi connectivity index (χ2n) is 5.88. The molecule has 0 amide bonds. The molecule has 0 spiro atoms. The lowest BCUT2D eigenvalue weighted by Gasteiger charge is -2.22. The predicted molar refractivity (Wildman–Crippen MR) is 83.9 cm³/mol. The van der Waals surface area contributed by atoms with Gasteiger partial charge in [-0.2, -0.15) is 0 Å². The van der Waals surface area contributed by atoms with Crippen LogP contribution in [0, 0.1) is 6.92 Å². The molecule has 2 heterocycles. The van der Waals surface area contributed by atoms with E-state index in [9.17, 15) is 8.42 Å².